The summed E-state index contributed by atoms with van der Waals surface area (Å²) in [4.78, 5) is 1.97. The zero-order valence-corrected chi connectivity index (χ0v) is 9.94. The molecule has 1 aromatic carbocycles. The number of nitrogens with zero attached hydrogens (tertiary/aromatic N) is 3. The topological polar surface area (TPSA) is 50.8 Å². The van der Waals surface area contributed by atoms with Crippen molar-refractivity contribution in [3.05, 3.63) is 35.1 Å². The molecule has 0 bridgehead atoms. The van der Waals surface area contributed by atoms with E-state index in [4.69, 9.17) is 10.5 Å². The SMILES string of the molecule is C[C@@H](CC#N)N(C)Cc1ccc(F)cc1C#N. The van der Waals surface area contributed by atoms with Gasteiger partial charge in [-0.3, -0.25) is 4.90 Å². The van der Waals surface area contributed by atoms with Crippen LogP contribution in [0, 0.1) is 28.5 Å². The van der Waals surface area contributed by atoms with Gasteiger partial charge >= 0.3 is 0 Å². The van der Waals surface area contributed by atoms with Gasteiger partial charge in [-0.2, -0.15) is 10.5 Å². The summed E-state index contributed by atoms with van der Waals surface area (Å²) in [6, 6.07) is 8.39. The van der Waals surface area contributed by atoms with Crippen molar-refractivity contribution < 1.29 is 4.39 Å². The van der Waals surface area contributed by atoms with Crippen molar-refractivity contribution >= 4 is 0 Å². The molecule has 3 nitrogen and oxygen atoms in total. The predicted molar refractivity (Wildman–Crippen MR) is 62.3 cm³/mol. The van der Waals surface area contributed by atoms with Crippen molar-refractivity contribution in [3.63, 3.8) is 0 Å². The number of halogens is 1. The number of rotatable bonds is 4. The van der Waals surface area contributed by atoms with Crippen molar-refractivity contribution in [2.75, 3.05) is 7.05 Å². The summed E-state index contributed by atoms with van der Waals surface area (Å²) < 4.78 is 12.9. The molecule has 88 valence electrons. The van der Waals surface area contributed by atoms with Crippen LogP contribution in [0.3, 0.4) is 0 Å². The van der Waals surface area contributed by atoms with Crippen LogP contribution in [0.4, 0.5) is 4.39 Å². The maximum atomic E-state index is 12.9. The molecular weight excluding hydrogens is 217 g/mol. The minimum Gasteiger partial charge on any atom is -0.298 e. The van der Waals surface area contributed by atoms with Gasteiger partial charge in [-0.05, 0) is 31.7 Å². The van der Waals surface area contributed by atoms with E-state index in [0.717, 1.165) is 5.56 Å². The largest absolute Gasteiger partial charge is 0.298 e. The highest BCUT2D eigenvalue weighted by atomic mass is 19.1. The number of hydrogen-bond donors (Lipinski definition) is 0. The van der Waals surface area contributed by atoms with Gasteiger partial charge in [0, 0.05) is 12.6 Å². The van der Waals surface area contributed by atoms with Crippen molar-refractivity contribution in [3.8, 4) is 12.1 Å². The molecule has 1 aromatic rings. The van der Waals surface area contributed by atoms with Gasteiger partial charge in [0.15, 0.2) is 0 Å². The van der Waals surface area contributed by atoms with Crippen LogP contribution in [0.25, 0.3) is 0 Å². The van der Waals surface area contributed by atoms with Gasteiger partial charge in [0.2, 0.25) is 0 Å². The Morgan fingerprint density at radius 1 is 1.41 bits per heavy atom. The van der Waals surface area contributed by atoms with E-state index in [2.05, 4.69) is 6.07 Å². The fourth-order valence-corrected chi connectivity index (χ4v) is 1.50. The molecule has 17 heavy (non-hydrogen) atoms. The third kappa shape index (κ3) is 3.55. The van der Waals surface area contributed by atoms with Crippen LogP contribution in [0.2, 0.25) is 0 Å². The van der Waals surface area contributed by atoms with Crippen LogP contribution < -0.4 is 0 Å². The van der Waals surface area contributed by atoms with E-state index in [1.807, 2.05) is 24.9 Å². The Labute approximate surface area is 101 Å². The first-order chi connectivity index (χ1) is 8.08. The van der Waals surface area contributed by atoms with Crippen molar-refractivity contribution in [1.29, 1.82) is 10.5 Å². The summed E-state index contributed by atoms with van der Waals surface area (Å²) in [6.45, 7) is 2.48. The first-order valence-corrected chi connectivity index (χ1v) is 5.34. The van der Waals surface area contributed by atoms with E-state index >= 15 is 0 Å². The molecule has 0 spiro atoms. The molecule has 0 aliphatic rings. The summed E-state index contributed by atoms with van der Waals surface area (Å²) in [5, 5.41) is 17.5. The quantitative estimate of drug-likeness (QED) is 0.799. The molecule has 0 saturated heterocycles. The molecule has 0 unspecified atom stereocenters. The average Bonchev–Trinajstić information content (AvgIpc) is 2.31. The normalized spacial score (nSPS) is 11.9. The molecule has 4 heteroatoms. The predicted octanol–water partition coefficient (Wildman–Crippen LogP) is 2.43. The third-order valence-electron chi connectivity index (χ3n) is 2.75. The first kappa shape index (κ1) is 13.2. The Morgan fingerprint density at radius 3 is 2.71 bits per heavy atom. The van der Waals surface area contributed by atoms with E-state index in [1.165, 1.54) is 12.1 Å². The van der Waals surface area contributed by atoms with Gasteiger partial charge in [-0.15, -0.1) is 0 Å². The molecular formula is C13H14FN3. The van der Waals surface area contributed by atoms with Gasteiger partial charge in [0.05, 0.1) is 24.1 Å². The molecule has 0 fully saturated rings. The second kappa shape index (κ2) is 5.98. The van der Waals surface area contributed by atoms with Crippen LogP contribution in [0.1, 0.15) is 24.5 Å². The highest BCUT2D eigenvalue weighted by Crippen LogP contribution is 2.14. The van der Waals surface area contributed by atoms with Gasteiger partial charge in [0.1, 0.15) is 5.82 Å². The lowest BCUT2D eigenvalue weighted by Crippen LogP contribution is -2.28. The van der Waals surface area contributed by atoms with Crippen LogP contribution in [-0.2, 0) is 6.54 Å². The van der Waals surface area contributed by atoms with Gasteiger partial charge in [0.25, 0.3) is 0 Å². The van der Waals surface area contributed by atoms with Crippen LogP contribution >= 0.6 is 0 Å². The lowest BCUT2D eigenvalue weighted by molar-refractivity contribution is 0.252. The fourth-order valence-electron chi connectivity index (χ4n) is 1.50. The fraction of sp³-hybridized carbons (Fsp3) is 0.385. The summed E-state index contributed by atoms with van der Waals surface area (Å²) in [5.41, 5.74) is 1.13. The number of benzene rings is 1. The lowest BCUT2D eigenvalue weighted by Gasteiger charge is -2.22. The van der Waals surface area contributed by atoms with Gasteiger partial charge < -0.3 is 0 Å². The minimum absolute atomic E-state index is 0.108. The molecule has 0 saturated carbocycles. The molecule has 0 amide bonds. The molecule has 0 heterocycles. The Bertz CT molecular complexity index is 471. The molecule has 0 aliphatic heterocycles. The smallest absolute Gasteiger partial charge is 0.124 e. The van der Waals surface area contributed by atoms with Gasteiger partial charge in [-0.25, -0.2) is 4.39 Å². The Hall–Kier alpha value is -1.91. The highest BCUT2D eigenvalue weighted by Gasteiger charge is 2.11. The van der Waals surface area contributed by atoms with E-state index in [-0.39, 0.29) is 6.04 Å². The molecule has 1 rings (SSSR count). The monoisotopic (exact) mass is 231 g/mol. The second-order valence-corrected chi connectivity index (χ2v) is 4.04. The third-order valence-corrected chi connectivity index (χ3v) is 2.75. The minimum atomic E-state index is -0.405. The molecule has 0 N–H and O–H groups in total. The van der Waals surface area contributed by atoms with E-state index in [0.29, 0.717) is 18.5 Å². The van der Waals surface area contributed by atoms with Crippen LogP contribution in [-0.4, -0.2) is 18.0 Å². The highest BCUT2D eigenvalue weighted by molar-refractivity contribution is 5.37. The van der Waals surface area contributed by atoms with E-state index < -0.39 is 5.82 Å². The van der Waals surface area contributed by atoms with Crippen LogP contribution in [0.5, 0.6) is 0 Å². The average molecular weight is 231 g/mol. The summed E-state index contributed by atoms with van der Waals surface area (Å²) in [7, 11) is 1.88. The number of hydrogen-bond acceptors (Lipinski definition) is 3. The van der Waals surface area contributed by atoms with E-state index in [9.17, 15) is 4.39 Å². The standard InChI is InChI=1S/C13H14FN3/c1-10(5-6-15)17(2)9-11-3-4-13(14)7-12(11)8-16/h3-4,7,10H,5,9H2,1-2H3/t10-/m0/s1. The summed E-state index contributed by atoms with van der Waals surface area (Å²) >= 11 is 0. The van der Waals surface area contributed by atoms with Crippen molar-refractivity contribution in [2.24, 2.45) is 0 Å². The van der Waals surface area contributed by atoms with E-state index in [1.54, 1.807) is 6.07 Å². The zero-order valence-electron chi connectivity index (χ0n) is 9.94. The Kier molecular flexibility index (Phi) is 4.63. The lowest BCUT2D eigenvalue weighted by atomic mass is 10.1. The first-order valence-electron chi connectivity index (χ1n) is 5.34. The second-order valence-electron chi connectivity index (χ2n) is 4.04. The summed E-state index contributed by atoms with van der Waals surface area (Å²) in [5.74, 6) is -0.405. The zero-order chi connectivity index (χ0) is 12.8. The van der Waals surface area contributed by atoms with Crippen molar-refractivity contribution in [1.82, 2.24) is 4.90 Å². The molecule has 0 aliphatic carbocycles. The maximum Gasteiger partial charge on any atom is 0.124 e. The van der Waals surface area contributed by atoms with Crippen molar-refractivity contribution in [2.45, 2.75) is 25.9 Å². The van der Waals surface area contributed by atoms with Crippen LogP contribution in [0.15, 0.2) is 18.2 Å². The Morgan fingerprint density at radius 2 is 2.12 bits per heavy atom. The molecule has 0 aromatic heterocycles. The molecule has 0 radical (unpaired) electrons. The Balaban J connectivity index is 2.82. The summed E-state index contributed by atoms with van der Waals surface area (Å²) in [6.07, 6.45) is 0.430. The maximum absolute atomic E-state index is 12.9. The number of nitriles is 2. The van der Waals surface area contributed by atoms with Gasteiger partial charge in [-0.1, -0.05) is 6.07 Å². The molecule has 1 atom stereocenters.